The van der Waals surface area contributed by atoms with E-state index in [9.17, 15) is 23.9 Å². The number of para-hydroxylation sites is 1. The fraction of sp³-hybridized carbons (Fsp3) is 0.434. The molecule has 2 aliphatic rings. The fourth-order valence-electron chi connectivity index (χ4n) is 9.59. The molecule has 0 spiro atoms. The number of hydrogen-bond donors (Lipinski definition) is 3. The molecule has 1 unspecified atom stereocenters. The Labute approximate surface area is 452 Å². The van der Waals surface area contributed by atoms with Crippen LogP contribution in [0.3, 0.4) is 0 Å². The number of anilines is 3. The standard InChI is InChI=1S/C53H66F2N11O8.2ClH/c1-5-48(36(2)67)66-51(69)65(34-59-66)43-15-13-41(14-16-43)61-23-25-62(26-24-61)42-17-19-44(20-18-42)71-29-38-28-53(73-30-38,45-21-12-40(54)27-46(45)55)32-64-35-63(33-58-64)37(3)74-52(70)60(4)49-11-7-6-9-39(49)31-72-50(68)47(57)10-8-22-56;;/h6-7,9,11-21,27,33-38,47-48,67H,5,8,10,22-26,28-32,56-57H2,1-4H3;2*1H/q+1;;/p-1/t36-,37?,38+,47-,48-,53-;;/m0../s1. The smallest absolute Gasteiger partial charge is 0.416 e. The summed E-state index contributed by atoms with van der Waals surface area (Å²) in [5, 5.41) is 18.9. The molecule has 4 aromatic carbocycles. The monoisotopic (exact) mass is 1090 g/mol. The maximum atomic E-state index is 15.6. The molecule has 2 saturated heterocycles. The van der Waals surface area contributed by atoms with Crippen LogP contribution in [0.15, 0.2) is 115 Å². The third-order valence-corrected chi connectivity index (χ3v) is 13.8. The number of ether oxygens (including phenoxy) is 4. The summed E-state index contributed by atoms with van der Waals surface area (Å²) >= 11 is 0. The molecule has 410 valence electrons. The normalized spacial score (nSPS) is 17.9. The van der Waals surface area contributed by atoms with E-state index >= 15 is 4.39 Å². The molecule has 5 N–H and O–H groups in total. The van der Waals surface area contributed by atoms with Crippen LogP contribution in [0.1, 0.15) is 69.9 Å². The van der Waals surface area contributed by atoms with E-state index in [1.807, 2.05) is 55.5 Å². The first-order valence-electron chi connectivity index (χ1n) is 25.0. The number of aliphatic hydroxyl groups excluding tert-OH is 1. The average molecular weight is 1100 g/mol. The number of nitrogens with two attached hydrogens (primary N) is 2. The van der Waals surface area contributed by atoms with Gasteiger partial charge in [-0.1, -0.05) is 31.2 Å². The van der Waals surface area contributed by atoms with Crippen LogP contribution in [0, 0.1) is 17.6 Å². The van der Waals surface area contributed by atoms with Gasteiger partial charge in [0.25, 0.3) is 6.33 Å². The summed E-state index contributed by atoms with van der Waals surface area (Å²) in [6.07, 6.45) is 4.31. The van der Waals surface area contributed by atoms with Crippen molar-refractivity contribution in [2.24, 2.45) is 17.4 Å². The van der Waals surface area contributed by atoms with E-state index in [0.717, 1.165) is 43.6 Å². The van der Waals surface area contributed by atoms with E-state index in [-0.39, 0.29) is 68.4 Å². The Morgan fingerprint density at radius 2 is 1.62 bits per heavy atom. The summed E-state index contributed by atoms with van der Waals surface area (Å²) in [5.74, 6) is -1.49. The van der Waals surface area contributed by atoms with Crippen LogP contribution in [0.4, 0.5) is 30.6 Å². The van der Waals surface area contributed by atoms with E-state index in [4.69, 9.17) is 30.4 Å². The molecule has 0 bridgehead atoms. The Morgan fingerprint density at radius 1 is 0.961 bits per heavy atom. The van der Waals surface area contributed by atoms with Gasteiger partial charge in [-0.25, -0.2) is 27.6 Å². The maximum absolute atomic E-state index is 15.6. The largest absolute Gasteiger partial charge is 1.00 e. The van der Waals surface area contributed by atoms with Crippen molar-refractivity contribution in [1.29, 1.82) is 0 Å². The first-order chi connectivity index (χ1) is 35.7. The van der Waals surface area contributed by atoms with E-state index in [0.29, 0.717) is 54.9 Å². The third kappa shape index (κ3) is 13.7. The summed E-state index contributed by atoms with van der Waals surface area (Å²) in [6, 6.07) is 25.0. The number of aromatic nitrogens is 6. The molecule has 6 aromatic rings. The third-order valence-electron chi connectivity index (χ3n) is 13.8. The van der Waals surface area contributed by atoms with Gasteiger partial charge in [0.1, 0.15) is 48.5 Å². The minimum atomic E-state index is -1.23. The molecule has 23 heteroatoms. The number of aliphatic hydroxyl groups is 1. The van der Waals surface area contributed by atoms with Crippen molar-refractivity contribution in [3.63, 3.8) is 0 Å². The van der Waals surface area contributed by atoms with Crippen LogP contribution >= 0.6 is 12.4 Å². The lowest BCUT2D eigenvalue weighted by Crippen LogP contribution is -3.00. The second-order valence-corrected chi connectivity index (χ2v) is 18.9. The van der Waals surface area contributed by atoms with Crippen molar-refractivity contribution >= 4 is 41.5 Å². The number of hydrogen-bond acceptors (Lipinski definition) is 14. The minimum Gasteiger partial charge on any atom is -1.00 e. The van der Waals surface area contributed by atoms with Crippen LogP contribution in [-0.2, 0) is 37.8 Å². The first-order valence-corrected chi connectivity index (χ1v) is 25.0. The van der Waals surface area contributed by atoms with Crippen molar-refractivity contribution in [3.05, 3.63) is 143 Å². The van der Waals surface area contributed by atoms with Gasteiger partial charge < -0.3 is 57.7 Å². The van der Waals surface area contributed by atoms with Crippen molar-refractivity contribution in [3.8, 4) is 11.4 Å². The number of halogens is 4. The molecular formula is C53H67Cl2F2N11O8. The van der Waals surface area contributed by atoms with Crippen LogP contribution < -0.4 is 53.6 Å². The second kappa shape index (κ2) is 26.4. The summed E-state index contributed by atoms with van der Waals surface area (Å²) < 4.78 is 59.8. The number of carbonyl (C=O) groups excluding carboxylic acids is 2. The number of amides is 1. The average Bonchev–Trinajstić information content (AvgIpc) is 4.16. The van der Waals surface area contributed by atoms with Gasteiger partial charge in [-0.05, 0) is 99.8 Å². The van der Waals surface area contributed by atoms with Crippen LogP contribution in [0.5, 0.6) is 5.75 Å². The molecule has 6 atom stereocenters. The highest BCUT2D eigenvalue weighted by Crippen LogP contribution is 2.42. The Bertz CT molecular complexity index is 2900. The Hall–Kier alpha value is -6.62. The van der Waals surface area contributed by atoms with Crippen molar-refractivity contribution < 1.29 is 59.4 Å². The Kier molecular flexibility index (Phi) is 20.4. The highest BCUT2D eigenvalue weighted by Gasteiger charge is 2.46. The SMILES string of the molecule is CC[C@@H]([C@H](C)O)n1ncn(-c2ccc(N3CCN(c4ccc(OC[C@@H]5CO[C@@](Cn6c[n+](C(C)OC(=O)N(C)c7ccccc7COC(=O)[C@@H](N)CCCN)cn6)(c6ccc(F)cc6F)C5)cc4)CC3)cc2)c1=O.Cl.[Cl-]. The van der Waals surface area contributed by atoms with E-state index in [2.05, 4.69) is 20.0 Å². The fourth-order valence-corrected chi connectivity index (χ4v) is 9.59. The molecule has 2 aromatic heterocycles. The maximum Gasteiger partial charge on any atom is 0.416 e. The summed E-state index contributed by atoms with van der Waals surface area (Å²) in [4.78, 5) is 45.0. The Balaban J connectivity index is 0.00000469. The van der Waals surface area contributed by atoms with Crippen molar-refractivity contribution in [1.82, 2.24) is 24.1 Å². The van der Waals surface area contributed by atoms with Crippen LogP contribution in [0.2, 0.25) is 0 Å². The summed E-state index contributed by atoms with van der Waals surface area (Å²) in [6.45, 7) is 9.35. The van der Waals surface area contributed by atoms with Gasteiger partial charge in [0.15, 0.2) is 0 Å². The molecular weight excluding hydrogens is 1030 g/mol. The molecule has 19 nitrogen and oxygen atoms in total. The van der Waals surface area contributed by atoms with Gasteiger partial charge in [0, 0.05) is 79.7 Å². The van der Waals surface area contributed by atoms with Gasteiger partial charge >= 0.3 is 17.8 Å². The van der Waals surface area contributed by atoms with Crippen LogP contribution in [0.25, 0.3) is 5.69 Å². The number of rotatable bonds is 21. The Morgan fingerprint density at radius 3 is 2.26 bits per heavy atom. The molecule has 8 rings (SSSR count). The molecule has 76 heavy (non-hydrogen) atoms. The number of carbonyl (C=O) groups is 2. The number of benzene rings is 4. The van der Waals surface area contributed by atoms with E-state index in [1.165, 1.54) is 38.9 Å². The summed E-state index contributed by atoms with van der Waals surface area (Å²) in [7, 11) is 1.55. The lowest BCUT2D eigenvalue weighted by atomic mass is 9.87. The zero-order valence-electron chi connectivity index (χ0n) is 43.0. The number of piperazine rings is 1. The van der Waals surface area contributed by atoms with E-state index < -0.39 is 53.7 Å². The van der Waals surface area contributed by atoms with Gasteiger partial charge in [-0.3, -0.25) is 9.69 Å². The molecule has 1 amide bonds. The topological polar surface area (TPSA) is 215 Å². The minimum absolute atomic E-state index is 0. The first kappa shape index (κ1) is 58.6. The van der Waals surface area contributed by atoms with Crippen LogP contribution in [-0.4, -0.2) is 106 Å². The summed E-state index contributed by atoms with van der Waals surface area (Å²) in [5.41, 5.74) is 14.0. The van der Waals surface area contributed by atoms with Gasteiger partial charge in [-0.15, -0.1) is 17.1 Å². The van der Waals surface area contributed by atoms with E-state index in [1.54, 1.807) is 60.7 Å². The van der Waals surface area contributed by atoms with Crippen molar-refractivity contribution in [2.75, 3.05) is 67.7 Å². The highest BCUT2D eigenvalue weighted by atomic mass is 35.5. The molecule has 0 radical (unpaired) electrons. The molecule has 4 heterocycles. The zero-order valence-corrected chi connectivity index (χ0v) is 44.6. The predicted octanol–water partition coefficient (Wildman–Crippen LogP) is 2.79. The number of nitrogens with zero attached hydrogens (tertiary/aromatic N) is 9. The lowest BCUT2D eigenvalue weighted by Gasteiger charge is -2.37. The van der Waals surface area contributed by atoms with Crippen molar-refractivity contribution in [2.45, 2.75) is 89.6 Å². The van der Waals surface area contributed by atoms with Gasteiger partial charge in [-0.2, -0.15) is 9.67 Å². The molecule has 0 saturated carbocycles. The van der Waals surface area contributed by atoms with Gasteiger partial charge in [0.05, 0.1) is 36.7 Å². The molecule has 0 aliphatic carbocycles. The predicted molar refractivity (Wildman–Crippen MR) is 279 cm³/mol. The molecule has 2 aliphatic heterocycles. The zero-order chi connectivity index (χ0) is 52.5. The molecule has 2 fully saturated rings. The lowest BCUT2D eigenvalue weighted by molar-refractivity contribution is -0.753. The second-order valence-electron chi connectivity index (χ2n) is 18.9. The highest BCUT2D eigenvalue weighted by molar-refractivity contribution is 5.88. The quantitative estimate of drug-likeness (QED) is 0.0699. The van der Waals surface area contributed by atoms with Gasteiger partial charge in [0.2, 0.25) is 12.6 Å². The number of esters is 1.